The minimum atomic E-state index is 0.329. The van der Waals surface area contributed by atoms with Crippen LogP contribution in [0.5, 0.6) is 0 Å². The number of piperidine rings is 1. The van der Waals surface area contributed by atoms with E-state index in [1.807, 2.05) is 7.05 Å². The lowest BCUT2D eigenvalue weighted by molar-refractivity contribution is -0.0212. The van der Waals surface area contributed by atoms with Crippen LogP contribution in [0.15, 0.2) is 29.3 Å². The molecular weight excluding hydrogens is 374 g/mol. The fourth-order valence-electron chi connectivity index (χ4n) is 4.67. The van der Waals surface area contributed by atoms with Crippen LogP contribution >= 0.6 is 0 Å². The molecule has 2 fully saturated rings. The van der Waals surface area contributed by atoms with Crippen molar-refractivity contribution in [2.24, 2.45) is 4.99 Å². The lowest BCUT2D eigenvalue weighted by atomic mass is 10.0. The van der Waals surface area contributed by atoms with Crippen LogP contribution in [0, 0.1) is 0 Å². The van der Waals surface area contributed by atoms with Gasteiger partial charge in [-0.15, -0.1) is 0 Å². The third kappa shape index (κ3) is 7.25. The van der Waals surface area contributed by atoms with E-state index in [1.54, 1.807) is 0 Å². The van der Waals surface area contributed by atoms with E-state index in [2.05, 4.69) is 63.5 Å². The molecule has 2 aliphatic rings. The highest BCUT2D eigenvalue weighted by Gasteiger charge is 2.20. The molecule has 2 unspecified atom stereocenters. The van der Waals surface area contributed by atoms with Gasteiger partial charge in [0, 0.05) is 52.4 Å². The summed E-state index contributed by atoms with van der Waals surface area (Å²) in [5.41, 5.74) is 2.65. The number of guanidine groups is 1. The second-order valence-electron chi connectivity index (χ2n) is 8.68. The van der Waals surface area contributed by atoms with Gasteiger partial charge in [-0.2, -0.15) is 0 Å². The topological polar surface area (TPSA) is 52.1 Å². The number of likely N-dealkylation sites (tertiary alicyclic amines) is 1. The average Bonchev–Trinajstić information content (AvgIpc) is 2.76. The fourth-order valence-corrected chi connectivity index (χ4v) is 4.67. The smallest absolute Gasteiger partial charge is 0.191 e. The van der Waals surface area contributed by atoms with Gasteiger partial charge in [0.1, 0.15) is 0 Å². The number of ether oxygens (including phenoxy) is 1. The van der Waals surface area contributed by atoms with E-state index in [9.17, 15) is 0 Å². The predicted octanol–water partition coefficient (Wildman–Crippen LogP) is 2.84. The summed E-state index contributed by atoms with van der Waals surface area (Å²) >= 11 is 0. The molecule has 0 spiro atoms. The Hall–Kier alpha value is -1.63. The van der Waals surface area contributed by atoms with Crippen LogP contribution in [-0.4, -0.2) is 74.3 Å². The van der Waals surface area contributed by atoms with Crippen LogP contribution < -0.4 is 10.6 Å². The molecule has 30 heavy (non-hydrogen) atoms. The molecule has 6 nitrogen and oxygen atoms in total. The van der Waals surface area contributed by atoms with Crippen molar-refractivity contribution in [2.45, 2.75) is 64.8 Å². The molecule has 2 saturated heterocycles. The molecule has 1 aromatic rings. The minimum Gasteiger partial charge on any atom is -0.376 e. The maximum absolute atomic E-state index is 5.65. The molecular formula is C24H41N5O. The second kappa shape index (κ2) is 12.3. The highest BCUT2D eigenvalue weighted by Crippen LogP contribution is 2.18. The Morgan fingerprint density at radius 2 is 2.07 bits per heavy atom. The van der Waals surface area contributed by atoms with Crippen molar-refractivity contribution in [3.63, 3.8) is 0 Å². The molecule has 0 radical (unpaired) electrons. The maximum atomic E-state index is 5.65. The predicted molar refractivity (Wildman–Crippen MR) is 125 cm³/mol. The zero-order chi connectivity index (χ0) is 21.2. The average molecular weight is 416 g/mol. The first-order valence-corrected chi connectivity index (χ1v) is 11.8. The molecule has 2 N–H and O–H groups in total. The molecule has 1 aromatic carbocycles. The van der Waals surface area contributed by atoms with Crippen molar-refractivity contribution in [1.82, 2.24) is 20.4 Å². The lowest BCUT2D eigenvalue weighted by Gasteiger charge is -2.35. The molecule has 2 heterocycles. The number of nitrogens with zero attached hydrogens (tertiary/aromatic N) is 3. The number of hydrogen-bond acceptors (Lipinski definition) is 4. The van der Waals surface area contributed by atoms with E-state index in [4.69, 9.17) is 4.74 Å². The first-order chi connectivity index (χ1) is 14.7. The summed E-state index contributed by atoms with van der Waals surface area (Å²) < 4.78 is 5.65. The van der Waals surface area contributed by atoms with E-state index >= 15 is 0 Å². The Morgan fingerprint density at radius 3 is 2.87 bits per heavy atom. The van der Waals surface area contributed by atoms with Crippen molar-refractivity contribution < 1.29 is 4.74 Å². The molecule has 2 aliphatic heterocycles. The van der Waals surface area contributed by atoms with Gasteiger partial charge < -0.3 is 15.4 Å². The van der Waals surface area contributed by atoms with Crippen LogP contribution in [-0.2, 0) is 17.8 Å². The fraction of sp³-hybridized carbons (Fsp3) is 0.708. The first kappa shape index (κ1) is 23.0. The molecule has 0 aromatic heterocycles. The van der Waals surface area contributed by atoms with Gasteiger partial charge in [-0.3, -0.25) is 14.8 Å². The Kier molecular flexibility index (Phi) is 9.43. The number of benzene rings is 1. The Bertz CT molecular complexity index is 665. The molecule has 0 amide bonds. The van der Waals surface area contributed by atoms with Gasteiger partial charge in [0.25, 0.3) is 0 Å². The van der Waals surface area contributed by atoms with Crippen molar-refractivity contribution in [1.29, 1.82) is 0 Å². The van der Waals surface area contributed by atoms with Crippen LogP contribution in [0.25, 0.3) is 0 Å². The van der Waals surface area contributed by atoms with E-state index in [0.717, 1.165) is 57.9 Å². The van der Waals surface area contributed by atoms with Crippen LogP contribution in [0.1, 0.15) is 50.7 Å². The second-order valence-corrected chi connectivity index (χ2v) is 8.68. The van der Waals surface area contributed by atoms with Crippen LogP contribution in [0.4, 0.5) is 0 Å². The summed E-state index contributed by atoms with van der Waals surface area (Å²) in [7, 11) is 1.85. The zero-order valence-corrected chi connectivity index (χ0v) is 19.2. The molecule has 2 atom stereocenters. The summed E-state index contributed by atoms with van der Waals surface area (Å²) in [6.07, 6.45) is 5.66. The van der Waals surface area contributed by atoms with Crippen molar-refractivity contribution in [2.75, 3.05) is 46.4 Å². The highest BCUT2D eigenvalue weighted by molar-refractivity contribution is 5.79. The normalized spacial score (nSPS) is 24.0. The number of morpholine rings is 1. The van der Waals surface area contributed by atoms with Crippen molar-refractivity contribution in [3.8, 4) is 0 Å². The molecule has 168 valence electrons. The number of hydrogen-bond donors (Lipinski definition) is 2. The summed E-state index contributed by atoms with van der Waals surface area (Å²) in [6, 6.07) is 9.63. The van der Waals surface area contributed by atoms with Gasteiger partial charge in [0.2, 0.25) is 0 Å². The summed E-state index contributed by atoms with van der Waals surface area (Å²) in [5, 5.41) is 6.97. The summed E-state index contributed by atoms with van der Waals surface area (Å²) in [6.45, 7) is 12.4. The van der Waals surface area contributed by atoms with Gasteiger partial charge in [-0.1, -0.05) is 37.6 Å². The molecule has 6 heteroatoms. The third-order valence-electron chi connectivity index (χ3n) is 6.32. The zero-order valence-electron chi connectivity index (χ0n) is 19.2. The summed E-state index contributed by atoms with van der Waals surface area (Å²) in [4.78, 5) is 9.52. The molecule has 3 rings (SSSR count). The minimum absolute atomic E-state index is 0.329. The quantitative estimate of drug-likeness (QED) is 0.505. The summed E-state index contributed by atoms with van der Waals surface area (Å²) in [5.74, 6) is 0.882. The van der Waals surface area contributed by atoms with E-state index < -0.39 is 0 Å². The monoisotopic (exact) mass is 415 g/mol. The van der Waals surface area contributed by atoms with Gasteiger partial charge in [0.05, 0.1) is 12.7 Å². The molecule has 0 saturated carbocycles. The maximum Gasteiger partial charge on any atom is 0.191 e. The van der Waals surface area contributed by atoms with E-state index in [0.29, 0.717) is 6.10 Å². The van der Waals surface area contributed by atoms with Gasteiger partial charge in [0.15, 0.2) is 5.96 Å². The Morgan fingerprint density at radius 1 is 1.20 bits per heavy atom. The first-order valence-electron chi connectivity index (χ1n) is 11.8. The van der Waals surface area contributed by atoms with Gasteiger partial charge in [-0.05, 0) is 43.9 Å². The molecule has 0 bridgehead atoms. The lowest BCUT2D eigenvalue weighted by Crippen LogP contribution is -2.45. The number of rotatable bonds is 8. The highest BCUT2D eigenvalue weighted by atomic mass is 16.5. The van der Waals surface area contributed by atoms with Crippen LogP contribution in [0.3, 0.4) is 0 Å². The van der Waals surface area contributed by atoms with Crippen LogP contribution in [0.2, 0.25) is 0 Å². The van der Waals surface area contributed by atoms with Crippen molar-refractivity contribution >= 4 is 5.96 Å². The third-order valence-corrected chi connectivity index (χ3v) is 6.32. The Labute approximate surface area is 183 Å². The van der Waals surface area contributed by atoms with Crippen molar-refractivity contribution in [3.05, 3.63) is 35.4 Å². The Balaban J connectivity index is 1.42. The van der Waals surface area contributed by atoms with E-state index in [-0.39, 0.29) is 0 Å². The van der Waals surface area contributed by atoms with Gasteiger partial charge in [-0.25, -0.2) is 0 Å². The van der Waals surface area contributed by atoms with Gasteiger partial charge >= 0.3 is 0 Å². The largest absolute Gasteiger partial charge is 0.376 e. The number of nitrogens with one attached hydrogen (secondary N) is 2. The SMILES string of the molecule is CCC1CCCCN1CCNC(=NC)NCc1cccc(CN2CCOC(C)C2)c1. The molecule has 0 aliphatic carbocycles. The van der Waals surface area contributed by atoms with E-state index in [1.165, 1.54) is 43.4 Å². The standard InChI is InChI=1S/C24H41N5O/c1-4-23-10-5-6-12-29(23)13-11-26-24(25-3)27-17-21-8-7-9-22(16-21)19-28-14-15-30-20(2)18-28/h7-9,16,20,23H,4-6,10-15,17-19H2,1-3H3,(H2,25,26,27). The number of aliphatic imine (C=N–C) groups is 1.